The SMILES string of the molecule is CC(C)=CCC/C(C)=C/CC/C(C)=C/CC/C(C)=C/Cn1c[n+](C(c2ccccc2)c2ccccc2)c2ncnc(NOCc3ccccc3)c21. The van der Waals surface area contributed by atoms with Crippen molar-refractivity contribution in [3.05, 3.63) is 167 Å². The van der Waals surface area contributed by atoms with Crippen LogP contribution >= 0.6 is 0 Å². The third kappa shape index (κ3) is 11.2. The quantitative estimate of drug-likeness (QED) is 0.0568. The maximum Gasteiger partial charge on any atom is 0.308 e. The van der Waals surface area contributed by atoms with Gasteiger partial charge in [-0.15, -0.1) is 0 Å². The molecule has 3 aromatic carbocycles. The van der Waals surface area contributed by atoms with Gasteiger partial charge in [0.15, 0.2) is 18.5 Å². The van der Waals surface area contributed by atoms with Crippen molar-refractivity contribution in [1.82, 2.24) is 14.5 Å². The molecule has 0 radical (unpaired) electrons. The predicted octanol–water partition coefficient (Wildman–Crippen LogP) is 11.0. The first kappa shape index (κ1) is 37.2. The Kier molecular flexibility index (Phi) is 14.1. The molecule has 0 aliphatic carbocycles. The minimum atomic E-state index is -0.0710. The Balaban J connectivity index is 1.35. The summed E-state index contributed by atoms with van der Waals surface area (Å²) in [7, 11) is 0. The Morgan fingerprint density at radius 3 is 1.78 bits per heavy atom. The van der Waals surface area contributed by atoms with Crippen LogP contribution in [-0.2, 0) is 18.0 Å². The lowest BCUT2D eigenvalue weighted by Gasteiger charge is -2.16. The molecule has 2 heterocycles. The van der Waals surface area contributed by atoms with Gasteiger partial charge in [0, 0.05) is 0 Å². The molecule has 0 atom stereocenters. The van der Waals surface area contributed by atoms with Crippen molar-refractivity contribution in [3.63, 3.8) is 0 Å². The van der Waals surface area contributed by atoms with Gasteiger partial charge in [-0.05, 0) is 89.8 Å². The third-order valence-electron chi connectivity index (χ3n) is 9.15. The zero-order valence-electron chi connectivity index (χ0n) is 31.1. The molecule has 0 aliphatic heterocycles. The Labute approximate surface area is 304 Å². The van der Waals surface area contributed by atoms with Gasteiger partial charge in [0.05, 0.1) is 13.2 Å². The lowest BCUT2D eigenvalue weighted by Crippen LogP contribution is -2.40. The molecule has 0 bridgehead atoms. The van der Waals surface area contributed by atoms with Gasteiger partial charge in [0.2, 0.25) is 5.52 Å². The maximum absolute atomic E-state index is 5.99. The van der Waals surface area contributed by atoms with Crippen LogP contribution in [0.4, 0.5) is 5.82 Å². The van der Waals surface area contributed by atoms with Gasteiger partial charge in [-0.1, -0.05) is 143 Å². The molecule has 5 aromatic rings. The van der Waals surface area contributed by atoms with E-state index in [1.54, 1.807) is 6.33 Å². The average molecular weight is 681 g/mol. The second kappa shape index (κ2) is 19.4. The molecule has 0 saturated heterocycles. The number of nitrogens with one attached hydrogen (secondary N) is 1. The van der Waals surface area contributed by atoms with Gasteiger partial charge in [-0.25, -0.2) is 10.0 Å². The van der Waals surface area contributed by atoms with E-state index >= 15 is 0 Å². The number of imidazole rings is 1. The molecule has 264 valence electrons. The van der Waals surface area contributed by atoms with Gasteiger partial charge in [-0.2, -0.15) is 4.98 Å². The highest BCUT2D eigenvalue weighted by Crippen LogP contribution is 2.26. The topological polar surface area (TPSA) is 55.9 Å². The van der Waals surface area contributed by atoms with Crippen LogP contribution in [0, 0.1) is 0 Å². The highest BCUT2D eigenvalue weighted by molar-refractivity contribution is 5.80. The number of hydrogen-bond donors (Lipinski definition) is 1. The van der Waals surface area contributed by atoms with E-state index in [0.717, 1.165) is 55.3 Å². The molecule has 2 aromatic heterocycles. The summed E-state index contributed by atoms with van der Waals surface area (Å²) in [4.78, 5) is 15.5. The Hall–Kier alpha value is -5.07. The van der Waals surface area contributed by atoms with Crippen LogP contribution in [0.25, 0.3) is 11.2 Å². The van der Waals surface area contributed by atoms with E-state index in [0.29, 0.717) is 19.0 Å². The number of benzene rings is 3. The van der Waals surface area contributed by atoms with E-state index < -0.39 is 0 Å². The molecule has 51 heavy (non-hydrogen) atoms. The predicted molar refractivity (Wildman–Crippen MR) is 211 cm³/mol. The zero-order valence-corrected chi connectivity index (χ0v) is 31.1. The molecular formula is C45H54N5O+. The van der Waals surface area contributed by atoms with Crippen molar-refractivity contribution in [3.8, 4) is 0 Å². The highest BCUT2D eigenvalue weighted by Gasteiger charge is 2.28. The molecular weight excluding hydrogens is 627 g/mol. The summed E-state index contributed by atoms with van der Waals surface area (Å²) in [5, 5.41) is 0. The van der Waals surface area contributed by atoms with E-state index in [1.807, 2.05) is 18.2 Å². The summed E-state index contributed by atoms with van der Waals surface area (Å²) in [5.41, 5.74) is 14.0. The molecule has 5 rings (SSSR count). The van der Waals surface area contributed by atoms with Crippen molar-refractivity contribution in [2.24, 2.45) is 0 Å². The molecule has 6 nitrogen and oxygen atoms in total. The fraction of sp³-hybridized carbons (Fsp3) is 0.311. The monoisotopic (exact) mass is 680 g/mol. The summed E-state index contributed by atoms with van der Waals surface area (Å²) in [6, 6.07) is 31.3. The molecule has 0 saturated carbocycles. The van der Waals surface area contributed by atoms with Crippen LogP contribution in [0.3, 0.4) is 0 Å². The number of aromatic nitrogens is 4. The Morgan fingerprint density at radius 1 is 0.686 bits per heavy atom. The summed E-state index contributed by atoms with van der Waals surface area (Å²) >= 11 is 0. The smallest absolute Gasteiger partial charge is 0.270 e. The number of fused-ring (bicyclic) bond motifs is 1. The first-order valence-corrected chi connectivity index (χ1v) is 18.3. The number of allylic oxidation sites excluding steroid dienone is 8. The highest BCUT2D eigenvalue weighted by atomic mass is 16.6. The van der Waals surface area contributed by atoms with Crippen molar-refractivity contribution >= 4 is 17.0 Å². The molecule has 0 aliphatic rings. The lowest BCUT2D eigenvalue weighted by molar-refractivity contribution is -0.682. The standard InChI is InChI=1S/C45H54N5O/c1-35(2)18-15-19-36(3)20-16-21-37(4)22-17-23-38(5)30-31-49-34-50(42(40-26-11-7-12-27-40)41-28-13-8-14-29-41)45-43(49)44(46-33-47-45)48-51-32-39-24-9-6-10-25-39/h6-14,18,20,22,24-30,33-34,42H,15-17,19,21,23,31-32H2,1-5H3,(H,46,47,48)/q+1/b36-20+,37-22+,38-30+. The zero-order chi connectivity index (χ0) is 35.8. The van der Waals surface area contributed by atoms with Crippen LogP contribution in [0.1, 0.15) is 95.9 Å². The van der Waals surface area contributed by atoms with E-state index in [2.05, 4.69) is 158 Å². The van der Waals surface area contributed by atoms with Gasteiger partial charge >= 0.3 is 5.65 Å². The lowest BCUT2D eigenvalue weighted by atomic mass is 9.98. The molecule has 0 unspecified atom stereocenters. The van der Waals surface area contributed by atoms with E-state index in [-0.39, 0.29) is 6.04 Å². The number of hydrogen-bond acceptors (Lipinski definition) is 4. The minimum absolute atomic E-state index is 0.0710. The van der Waals surface area contributed by atoms with Crippen LogP contribution in [0.5, 0.6) is 0 Å². The van der Waals surface area contributed by atoms with Gasteiger partial charge < -0.3 is 0 Å². The fourth-order valence-corrected chi connectivity index (χ4v) is 6.28. The first-order valence-electron chi connectivity index (χ1n) is 18.3. The Morgan fingerprint density at radius 2 is 1.22 bits per heavy atom. The van der Waals surface area contributed by atoms with Crippen molar-refractivity contribution in [2.45, 2.75) is 92.3 Å². The third-order valence-corrected chi connectivity index (χ3v) is 9.15. The van der Waals surface area contributed by atoms with Crippen LogP contribution in [-0.4, -0.2) is 14.5 Å². The van der Waals surface area contributed by atoms with Gasteiger partial charge in [0.25, 0.3) is 0 Å². The van der Waals surface area contributed by atoms with Crippen LogP contribution in [0.2, 0.25) is 0 Å². The average Bonchev–Trinajstić information content (AvgIpc) is 3.51. The second-order valence-corrected chi connectivity index (χ2v) is 13.7. The maximum atomic E-state index is 5.99. The van der Waals surface area contributed by atoms with E-state index in [4.69, 9.17) is 9.82 Å². The Bertz CT molecular complexity index is 1900. The summed E-state index contributed by atoms with van der Waals surface area (Å²) in [6.07, 6.45) is 19.8. The minimum Gasteiger partial charge on any atom is -0.270 e. The second-order valence-electron chi connectivity index (χ2n) is 13.7. The van der Waals surface area contributed by atoms with Gasteiger partial charge in [-0.3, -0.25) is 9.40 Å². The number of rotatable bonds is 18. The first-order chi connectivity index (χ1) is 24.9. The van der Waals surface area contributed by atoms with E-state index in [9.17, 15) is 0 Å². The van der Waals surface area contributed by atoms with E-state index in [1.165, 1.54) is 33.4 Å². The van der Waals surface area contributed by atoms with Crippen molar-refractivity contribution < 1.29 is 9.40 Å². The van der Waals surface area contributed by atoms with Crippen molar-refractivity contribution in [2.75, 3.05) is 5.48 Å². The summed E-state index contributed by atoms with van der Waals surface area (Å²) in [6.45, 7) is 12.2. The summed E-state index contributed by atoms with van der Waals surface area (Å²) < 4.78 is 4.50. The number of anilines is 1. The van der Waals surface area contributed by atoms with Crippen LogP contribution < -0.4 is 10.0 Å². The van der Waals surface area contributed by atoms with Gasteiger partial charge in [0.1, 0.15) is 6.04 Å². The summed E-state index contributed by atoms with van der Waals surface area (Å²) in [5.74, 6) is 0.639. The molecule has 0 spiro atoms. The molecule has 6 heteroatoms. The molecule has 1 N–H and O–H groups in total. The number of nitrogens with zero attached hydrogens (tertiary/aromatic N) is 4. The molecule has 0 fully saturated rings. The van der Waals surface area contributed by atoms with Crippen molar-refractivity contribution in [1.29, 1.82) is 0 Å². The normalized spacial score (nSPS) is 12.5. The largest absolute Gasteiger partial charge is 0.308 e. The fourth-order valence-electron chi connectivity index (χ4n) is 6.28. The molecule has 0 amide bonds. The van der Waals surface area contributed by atoms with Crippen LogP contribution in [0.15, 0.2) is 150 Å².